The van der Waals surface area contributed by atoms with Crippen LogP contribution in [0.4, 0.5) is 15.9 Å². The molecule has 106 valence electrons. The van der Waals surface area contributed by atoms with E-state index < -0.39 is 0 Å². The first kappa shape index (κ1) is 13.4. The highest BCUT2D eigenvalue weighted by atomic mass is 19.1. The van der Waals surface area contributed by atoms with Crippen molar-refractivity contribution in [3.63, 3.8) is 0 Å². The molecule has 21 heavy (non-hydrogen) atoms. The van der Waals surface area contributed by atoms with E-state index in [-0.39, 0.29) is 11.7 Å². The van der Waals surface area contributed by atoms with Gasteiger partial charge in [0.25, 0.3) is 0 Å². The van der Waals surface area contributed by atoms with Gasteiger partial charge in [-0.25, -0.2) is 14.4 Å². The average Bonchev–Trinajstić information content (AvgIpc) is 2.83. The van der Waals surface area contributed by atoms with Crippen molar-refractivity contribution in [3.8, 4) is 0 Å². The summed E-state index contributed by atoms with van der Waals surface area (Å²) in [6.07, 6.45) is 2.29. The third-order valence-electron chi connectivity index (χ3n) is 3.28. The summed E-state index contributed by atoms with van der Waals surface area (Å²) in [5.74, 6) is 0.0915. The van der Waals surface area contributed by atoms with Gasteiger partial charge in [-0.3, -0.25) is 4.79 Å². The van der Waals surface area contributed by atoms with Crippen LogP contribution in [0.5, 0.6) is 0 Å². The second-order valence-electron chi connectivity index (χ2n) is 5.11. The molecule has 2 aromatic rings. The monoisotopic (exact) mass is 283 g/mol. The summed E-state index contributed by atoms with van der Waals surface area (Å²) in [6.45, 7) is 3.38. The van der Waals surface area contributed by atoms with Gasteiger partial charge in [0.05, 0.1) is 5.71 Å². The molecular formula is C16H14FN3O. The van der Waals surface area contributed by atoms with Gasteiger partial charge in [0.2, 0.25) is 5.91 Å². The van der Waals surface area contributed by atoms with E-state index in [1.54, 1.807) is 12.3 Å². The van der Waals surface area contributed by atoms with Crippen molar-refractivity contribution in [2.75, 3.05) is 5.32 Å². The van der Waals surface area contributed by atoms with E-state index in [2.05, 4.69) is 15.3 Å². The van der Waals surface area contributed by atoms with Crippen LogP contribution in [-0.2, 0) is 11.2 Å². The van der Waals surface area contributed by atoms with E-state index in [0.717, 1.165) is 11.1 Å². The molecule has 0 saturated heterocycles. The molecule has 1 aliphatic heterocycles. The Morgan fingerprint density at radius 3 is 2.90 bits per heavy atom. The van der Waals surface area contributed by atoms with E-state index >= 15 is 0 Å². The van der Waals surface area contributed by atoms with E-state index in [9.17, 15) is 9.18 Å². The van der Waals surface area contributed by atoms with Crippen molar-refractivity contribution in [1.82, 2.24) is 4.98 Å². The fraction of sp³-hybridized carbons (Fsp3) is 0.188. The predicted molar refractivity (Wildman–Crippen MR) is 79.6 cm³/mol. The molecule has 0 aliphatic carbocycles. The molecule has 1 aliphatic rings. The normalized spacial score (nSPS) is 12.8. The van der Waals surface area contributed by atoms with Crippen molar-refractivity contribution in [3.05, 3.63) is 53.0 Å². The molecule has 1 aromatic carbocycles. The molecular weight excluding hydrogens is 269 g/mol. The average molecular weight is 283 g/mol. The SMILES string of the molecule is CC(=O)Nc1ccc(F)c(C2=Nc3ncc(C)cc3C2)c1. The molecule has 2 heterocycles. The molecule has 4 nitrogen and oxygen atoms in total. The number of rotatable bonds is 2. The van der Waals surface area contributed by atoms with E-state index in [1.165, 1.54) is 19.1 Å². The summed E-state index contributed by atoms with van der Waals surface area (Å²) >= 11 is 0. The number of nitrogens with one attached hydrogen (secondary N) is 1. The van der Waals surface area contributed by atoms with Crippen molar-refractivity contribution >= 4 is 23.1 Å². The van der Waals surface area contributed by atoms with Crippen LogP contribution >= 0.6 is 0 Å². The van der Waals surface area contributed by atoms with Gasteiger partial charge in [-0.05, 0) is 30.7 Å². The Kier molecular flexibility index (Phi) is 3.25. The molecule has 3 rings (SSSR count). The number of carbonyl (C=O) groups excluding carboxylic acids is 1. The first-order chi connectivity index (χ1) is 10.0. The topological polar surface area (TPSA) is 54.4 Å². The zero-order valence-corrected chi connectivity index (χ0v) is 11.8. The van der Waals surface area contributed by atoms with Gasteiger partial charge in [0.15, 0.2) is 5.82 Å². The summed E-state index contributed by atoms with van der Waals surface area (Å²) in [5.41, 5.74) is 3.64. The van der Waals surface area contributed by atoms with Crippen molar-refractivity contribution in [2.24, 2.45) is 4.99 Å². The third-order valence-corrected chi connectivity index (χ3v) is 3.28. The molecule has 0 bridgehead atoms. The van der Waals surface area contributed by atoms with Gasteiger partial charge < -0.3 is 5.32 Å². The second-order valence-corrected chi connectivity index (χ2v) is 5.11. The maximum absolute atomic E-state index is 14.0. The number of amides is 1. The number of hydrogen-bond donors (Lipinski definition) is 1. The van der Waals surface area contributed by atoms with Gasteiger partial charge in [0.1, 0.15) is 5.82 Å². The fourth-order valence-electron chi connectivity index (χ4n) is 2.38. The van der Waals surface area contributed by atoms with Gasteiger partial charge in [-0.2, -0.15) is 0 Å². The Balaban J connectivity index is 1.97. The molecule has 0 fully saturated rings. The minimum absolute atomic E-state index is 0.193. The van der Waals surface area contributed by atoms with Crippen LogP contribution in [-0.4, -0.2) is 16.6 Å². The molecule has 1 N–H and O–H groups in total. The molecule has 0 radical (unpaired) electrons. The standard InChI is InChI=1S/C16H14FN3O/c1-9-5-11-6-15(20-16(11)18-8-9)13-7-12(19-10(2)21)3-4-14(13)17/h3-5,7-8H,6H2,1-2H3,(H,19,21). The molecule has 0 unspecified atom stereocenters. The molecule has 5 heteroatoms. The van der Waals surface area contributed by atoms with Crippen molar-refractivity contribution in [2.45, 2.75) is 20.3 Å². The van der Waals surface area contributed by atoms with Gasteiger partial charge in [-0.15, -0.1) is 0 Å². The maximum atomic E-state index is 14.0. The van der Waals surface area contributed by atoms with Gasteiger partial charge in [0, 0.05) is 36.4 Å². The van der Waals surface area contributed by atoms with Crippen molar-refractivity contribution < 1.29 is 9.18 Å². The zero-order valence-electron chi connectivity index (χ0n) is 11.8. The lowest BCUT2D eigenvalue weighted by Gasteiger charge is -2.07. The number of halogens is 1. The number of aliphatic imine (C=N–C) groups is 1. The van der Waals surface area contributed by atoms with Gasteiger partial charge in [-0.1, -0.05) is 6.07 Å². The minimum Gasteiger partial charge on any atom is -0.326 e. The molecule has 0 spiro atoms. The van der Waals surface area contributed by atoms with Gasteiger partial charge >= 0.3 is 0 Å². The van der Waals surface area contributed by atoms with Crippen LogP contribution in [0.2, 0.25) is 0 Å². The van der Waals surface area contributed by atoms with Crippen LogP contribution in [0.25, 0.3) is 0 Å². The van der Waals surface area contributed by atoms with E-state index in [1.807, 2.05) is 13.0 Å². The predicted octanol–water partition coefficient (Wildman–Crippen LogP) is 3.16. The summed E-state index contributed by atoms with van der Waals surface area (Å²) in [6, 6.07) is 6.48. The number of nitrogens with zero attached hydrogens (tertiary/aromatic N) is 2. The number of fused-ring (bicyclic) bond motifs is 1. The summed E-state index contributed by atoms with van der Waals surface area (Å²) < 4.78 is 14.0. The Bertz CT molecular complexity index is 768. The summed E-state index contributed by atoms with van der Waals surface area (Å²) in [7, 11) is 0. The first-order valence-corrected chi connectivity index (χ1v) is 6.63. The fourth-order valence-corrected chi connectivity index (χ4v) is 2.38. The Morgan fingerprint density at radius 1 is 1.33 bits per heavy atom. The number of benzene rings is 1. The minimum atomic E-state index is -0.354. The smallest absolute Gasteiger partial charge is 0.221 e. The lowest BCUT2D eigenvalue weighted by Crippen LogP contribution is -2.09. The number of aromatic nitrogens is 1. The van der Waals surface area contributed by atoms with Crippen LogP contribution < -0.4 is 5.32 Å². The van der Waals surface area contributed by atoms with E-state index in [0.29, 0.717) is 29.2 Å². The lowest BCUT2D eigenvalue weighted by molar-refractivity contribution is -0.114. The molecule has 0 saturated carbocycles. The number of pyridine rings is 1. The highest BCUT2D eigenvalue weighted by Crippen LogP contribution is 2.29. The van der Waals surface area contributed by atoms with Crippen LogP contribution in [0, 0.1) is 12.7 Å². The van der Waals surface area contributed by atoms with Crippen molar-refractivity contribution in [1.29, 1.82) is 0 Å². The van der Waals surface area contributed by atoms with Crippen LogP contribution in [0.15, 0.2) is 35.5 Å². The number of hydrogen-bond acceptors (Lipinski definition) is 3. The molecule has 1 aromatic heterocycles. The first-order valence-electron chi connectivity index (χ1n) is 6.63. The largest absolute Gasteiger partial charge is 0.326 e. The summed E-state index contributed by atoms with van der Waals surface area (Å²) in [5, 5.41) is 2.65. The highest BCUT2D eigenvalue weighted by Gasteiger charge is 2.20. The summed E-state index contributed by atoms with van der Waals surface area (Å²) in [4.78, 5) is 19.8. The Labute approximate surface area is 121 Å². The lowest BCUT2D eigenvalue weighted by atomic mass is 10.0. The molecule has 1 amide bonds. The number of anilines is 1. The van der Waals surface area contributed by atoms with Crippen LogP contribution in [0.3, 0.4) is 0 Å². The number of aryl methyl sites for hydroxylation is 1. The Morgan fingerprint density at radius 2 is 2.14 bits per heavy atom. The third kappa shape index (κ3) is 2.67. The highest BCUT2D eigenvalue weighted by molar-refractivity contribution is 6.07. The maximum Gasteiger partial charge on any atom is 0.221 e. The second kappa shape index (κ2) is 5.09. The van der Waals surface area contributed by atoms with Crippen LogP contribution in [0.1, 0.15) is 23.6 Å². The zero-order chi connectivity index (χ0) is 15.0. The molecule has 0 atom stereocenters. The quantitative estimate of drug-likeness (QED) is 0.920. The number of carbonyl (C=O) groups is 1. The Hall–Kier alpha value is -2.56. The van der Waals surface area contributed by atoms with E-state index in [4.69, 9.17) is 0 Å².